The molecule has 1 aromatic carbocycles. The molecule has 0 aliphatic carbocycles. The second kappa shape index (κ2) is 4.14. The molecule has 0 heterocycles. The van der Waals surface area contributed by atoms with Gasteiger partial charge < -0.3 is 0 Å². The van der Waals surface area contributed by atoms with Gasteiger partial charge in [-0.15, -0.1) is 11.6 Å². The van der Waals surface area contributed by atoms with Gasteiger partial charge in [-0.1, -0.05) is 45.0 Å². The number of halogens is 1. The monoisotopic (exact) mass is 210 g/mol. The van der Waals surface area contributed by atoms with E-state index in [0.29, 0.717) is 0 Å². The molecule has 0 saturated carbocycles. The fraction of sp³-hybridized carbons (Fsp3) is 0.417. The normalized spacial score (nSPS) is 11.4. The van der Waals surface area contributed by atoms with E-state index in [-0.39, 0.29) is 17.1 Å². The van der Waals surface area contributed by atoms with Crippen molar-refractivity contribution in [2.75, 3.05) is 5.88 Å². The maximum absolute atomic E-state index is 11.5. The minimum Gasteiger partial charge on any atom is -0.293 e. The molecule has 0 atom stereocenters. The molecular weight excluding hydrogens is 196 g/mol. The third-order valence-corrected chi connectivity index (χ3v) is 2.40. The summed E-state index contributed by atoms with van der Waals surface area (Å²) < 4.78 is 0. The van der Waals surface area contributed by atoms with Crippen LogP contribution in [-0.2, 0) is 5.41 Å². The number of hydrogen-bond donors (Lipinski definition) is 0. The SMILES string of the molecule is CC(C)(C)c1ccccc1C(=O)CCl. The number of benzene rings is 1. The fourth-order valence-electron chi connectivity index (χ4n) is 1.45. The Hall–Kier alpha value is -0.820. The summed E-state index contributed by atoms with van der Waals surface area (Å²) in [5.74, 6) is 0.0461. The van der Waals surface area contributed by atoms with Crippen LogP contribution in [0.3, 0.4) is 0 Å². The Morgan fingerprint density at radius 3 is 2.36 bits per heavy atom. The highest BCUT2D eigenvalue weighted by molar-refractivity contribution is 6.30. The van der Waals surface area contributed by atoms with Crippen LogP contribution in [0.1, 0.15) is 36.7 Å². The molecule has 0 aromatic heterocycles. The Kier molecular flexibility index (Phi) is 3.33. The van der Waals surface area contributed by atoms with Crippen LogP contribution < -0.4 is 0 Å². The Morgan fingerprint density at radius 2 is 1.86 bits per heavy atom. The Balaban J connectivity index is 3.23. The number of ketones is 1. The van der Waals surface area contributed by atoms with E-state index in [1.165, 1.54) is 0 Å². The second-order valence-electron chi connectivity index (χ2n) is 4.35. The smallest absolute Gasteiger partial charge is 0.177 e. The Morgan fingerprint density at radius 1 is 1.29 bits per heavy atom. The van der Waals surface area contributed by atoms with Crippen LogP contribution in [0.15, 0.2) is 24.3 Å². The maximum Gasteiger partial charge on any atom is 0.177 e. The summed E-state index contributed by atoms with van der Waals surface area (Å²) in [6, 6.07) is 7.64. The summed E-state index contributed by atoms with van der Waals surface area (Å²) in [7, 11) is 0. The van der Waals surface area contributed by atoms with Crippen LogP contribution in [0, 0.1) is 0 Å². The predicted molar refractivity (Wildman–Crippen MR) is 60.2 cm³/mol. The number of Topliss-reactive ketones (excluding diaryl/α,β-unsaturated/α-hetero) is 1. The minimum absolute atomic E-state index is 0.00260. The Bertz CT molecular complexity index is 336. The number of carbonyl (C=O) groups is 1. The highest BCUT2D eigenvalue weighted by Crippen LogP contribution is 2.26. The molecule has 0 radical (unpaired) electrons. The number of alkyl halides is 1. The fourth-order valence-corrected chi connectivity index (χ4v) is 1.60. The first-order valence-corrected chi connectivity index (χ1v) is 5.19. The molecule has 0 unspecified atom stereocenters. The van der Waals surface area contributed by atoms with Crippen molar-refractivity contribution in [3.8, 4) is 0 Å². The quantitative estimate of drug-likeness (QED) is 0.540. The largest absolute Gasteiger partial charge is 0.293 e. The zero-order chi connectivity index (χ0) is 10.8. The molecule has 2 heteroatoms. The summed E-state index contributed by atoms with van der Waals surface area (Å²) >= 11 is 5.56. The van der Waals surface area contributed by atoms with Crippen LogP contribution in [0.5, 0.6) is 0 Å². The standard InChI is InChI=1S/C12H15ClO/c1-12(2,3)10-7-5-4-6-9(10)11(14)8-13/h4-7H,8H2,1-3H3. The molecule has 0 saturated heterocycles. The van der Waals surface area contributed by atoms with E-state index in [2.05, 4.69) is 20.8 Å². The van der Waals surface area contributed by atoms with E-state index in [0.717, 1.165) is 11.1 Å². The first kappa shape index (κ1) is 11.3. The lowest BCUT2D eigenvalue weighted by Gasteiger charge is -2.21. The Labute approximate surface area is 90.1 Å². The van der Waals surface area contributed by atoms with Crippen LogP contribution in [0.25, 0.3) is 0 Å². The molecule has 0 N–H and O–H groups in total. The predicted octanol–water partition coefficient (Wildman–Crippen LogP) is 3.41. The molecule has 1 aromatic rings. The molecule has 0 spiro atoms. The van der Waals surface area contributed by atoms with Crippen molar-refractivity contribution in [2.24, 2.45) is 0 Å². The number of rotatable bonds is 2. The molecular formula is C12H15ClO. The van der Waals surface area contributed by atoms with Gasteiger partial charge in [0, 0.05) is 5.56 Å². The summed E-state index contributed by atoms with van der Waals surface area (Å²) in [4.78, 5) is 11.5. The lowest BCUT2D eigenvalue weighted by Crippen LogP contribution is -2.17. The van der Waals surface area contributed by atoms with E-state index in [1.54, 1.807) is 0 Å². The molecule has 0 aliphatic heterocycles. The molecule has 0 amide bonds. The van der Waals surface area contributed by atoms with Crippen molar-refractivity contribution < 1.29 is 4.79 Å². The highest BCUT2D eigenvalue weighted by atomic mass is 35.5. The van der Waals surface area contributed by atoms with Gasteiger partial charge in [0.25, 0.3) is 0 Å². The van der Waals surface area contributed by atoms with Crippen molar-refractivity contribution in [3.05, 3.63) is 35.4 Å². The topological polar surface area (TPSA) is 17.1 Å². The molecule has 1 nitrogen and oxygen atoms in total. The third kappa shape index (κ3) is 2.36. The van der Waals surface area contributed by atoms with Crippen LogP contribution >= 0.6 is 11.6 Å². The van der Waals surface area contributed by atoms with Crippen molar-refractivity contribution >= 4 is 17.4 Å². The van der Waals surface area contributed by atoms with Gasteiger partial charge in [0.15, 0.2) is 5.78 Å². The van der Waals surface area contributed by atoms with Crippen molar-refractivity contribution in [2.45, 2.75) is 26.2 Å². The van der Waals surface area contributed by atoms with Gasteiger partial charge in [0.05, 0.1) is 5.88 Å². The highest BCUT2D eigenvalue weighted by Gasteiger charge is 2.20. The average Bonchev–Trinajstić information content (AvgIpc) is 2.15. The van der Waals surface area contributed by atoms with E-state index in [4.69, 9.17) is 11.6 Å². The van der Waals surface area contributed by atoms with E-state index < -0.39 is 0 Å². The maximum atomic E-state index is 11.5. The molecule has 0 aliphatic rings. The van der Waals surface area contributed by atoms with E-state index >= 15 is 0 Å². The van der Waals surface area contributed by atoms with E-state index in [1.807, 2.05) is 24.3 Å². The van der Waals surface area contributed by atoms with Crippen LogP contribution in [-0.4, -0.2) is 11.7 Å². The van der Waals surface area contributed by atoms with Gasteiger partial charge in [-0.2, -0.15) is 0 Å². The van der Waals surface area contributed by atoms with E-state index in [9.17, 15) is 4.79 Å². The molecule has 76 valence electrons. The summed E-state index contributed by atoms with van der Waals surface area (Å²) in [5.41, 5.74) is 1.79. The van der Waals surface area contributed by atoms with Gasteiger partial charge in [-0.05, 0) is 11.0 Å². The van der Waals surface area contributed by atoms with Crippen LogP contribution in [0.4, 0.5) is 0 Å². The van der Waals surface area contributed by atoms with Gasteiger partial charge in [0.2, 0.25) is 0 Å². The first-order chi connectivity index (χ1) is 6.46. The minimum atomic E-state index is -0.0156. The summed E-state index contributed by atoms with van der Waals surface area (Å²) in [6.45, 7) is 6.27. The third-order valence-electron chi connectivity index (χ3n) is 2.16. The zero-order valence-electron chi connectivity index (χ0n) is 8.80. The molecule has 1 rings (SSSR count). The van der Waals surface area contributed by atoms with Gasteiger partial charge in [-0.3, -0.25) is 4.79 Å². The first-order valence-electron chi connectivity index (χ1n) is 4.65. The van der Waals surface area contributed by atoms with Gasteiger partial charge >= 0.3 is 0 Å². The van der Waals surface area contributed by atoms with Crippen LogP contribution in [0.2, 0.25) is 0 Å². The van der Waals surface area contributed by atoms with Crippen molar-refractivity contribution in [1.82, 2.24) is 0 Å². The molecule has 0 bridgehead atoms. The molecule has 0 fully saturated rings. The summed E-state index contributed by atoms with van der Waals surface area (Å²) in [5, 5.41) is 0. The summed E-state index contributed by atoms with van der Waals surface area (Å²) in [6.07, 6.45) is 0. The zero-order valence-corrected chi connectivity index (χ0v) is 9.56. The second-order valence-corrected chi connectivity index (χ2v) is 4.62. The number of hydrogen-bond acceptors (Lipinski definition) is 1. The van der Waals surface area contributed by atoms with Gasteiger partial charge in [-0.25, -0.2) is 0 Å². The lowest BCUT2D eigenvalue weighted by molar-refractivity contribution is 0.101. The average molecular weight is 211 g/mol. The lowest BCUT2D eigenvalue weighted by atomic mass is 9.83. The van der Waals surface area contributed by atoms with Crippen molar-refractivity contribution in [1.29, 1.82) is 0 Å². The molecule has 14 heavy (non-hydrogen) atoms. The van der Waals surface area contributed by atoms with Crippen molar-refractivity contribution in [3.63, 3.8) is 0 Å². The number of carbonyl (C=O) groups excluding carboxylic acids is 1. The van der Waals surface area contributed by atoms with Gasteiger partial charge in [0.1, 0.15) is 0 Å².